The molecule has 6 nitrogen and oxygen atoms in total. The molecule has 0 saturated heterocycles. The van der Waals surface area contributed by atoms with Crippen molar-refractivity contribution in [1.82, 2.24) is 15.5 Å². The van der Waals surface area contributed by atoms with Crippen LogP contribution < -0.4 is 10.6 Å². The molecule has 1 aromatic heterocycles. The van der Waals surface area contributed by atoms with Crippen LogP contribution in [0.3, 0.4) is 0 Å². The average molecular weight is 230 g/mol. The van der Waals surface area contributed by atoms with Gasteiger partial charge in [0.05, 0.1) is 13.2 Å². The molecule has 0 saturated carbocycles. The van der Waals surface area contributed by atoms with Crippen LogP contribution in [-0.2, 0) is 11.2 Å². The number of carbonyl (C=O) groups is 1. The zero-order chi connectivity index (χ0) is 11.1. The van der Waals surface area contributed by atoms with Gasteiger partial charge in [-0.3, -0.25) is 10.1 Å². The number of aliphatic hydroxyl groups is 1. The van der Waals surface area contributed by atoms with Crippen molar-refractivity contribution >= 4 is 22.4 Å². The topological polar surface area (TPSA) is 87.1 Å². The number of anilines is 1. The van der Waals surface area contributed by atoms with Gasteiger partial charge in [-0.15, -0.1) is 10.2 Å². The van der Waals surface area contributed by atoms with Gasteiger partial charge in [-0.1, -0.05) is 18.3 Å². The monoisotopic (exact) mass is 230 g/mol. The Hall–Kier alpha value is -1.05. The van der Waals surface area contributed by atoms with Gasteiger partial charge in [0.1, 0.15) is 5.01 Å². The highest BCUT2D eigenvalue weighted by molar-refractivity contribution is 7.15. The molecule has 1 amide bonds. The van der Waals surface area contributed by atoms with Crippen LogP contribution >= 0.6 is 11.3 Å². The van der Waals surface area contributed by atoms with Gasteiger partial charge in [0.25, 0.3) is 0 Å². The number of hydrogen-bond acceptors (Lipinski definition) is 6. The van der Waals surface area contributed by atoms with Gasteiger partial charge in [0, 0.05) is 6.54 Å². The third kappa shape index (κ3) is 4.32. The van der Waals surface area contributed by atoms with Crippen molar-refractivity contribution in [3.8, 4) is 0 Å². The lowest BCUT2D eigenvalue weighted by atomic mass is 10.5. The minimum Gasteiger partial charge on any atom is -0.395 e. The Morgan fingerprint density at radius 2 is 2.33 bits per heavy atom. The standard InChI is InChI=1S/C8H14N4O2S/c1-2-7-11-12-8(15-7)10-6(14)5-9-3-4-13/h9,13H,2-5H2,1H3,(H,10,12,14). The molecule has 0 aromatic carbocycles. The summed E-state index contributed by atoms with van der Waals surface area (Å²) in [6.45, 7) is 2.58. The lowest BCUT2D eigenvalue weighted by Gasteiger charge is -2.01. The Morgan fingerprint density at radius 1 is 1.53 bits per heavy atom. The van der Waals surface area contributed by atoms with E-state index >= 15 is 0 Å². The number of carbonyl (C=O) groups excluding carboxylic acids is 1. The molecular weight excluding hydrogens is 216 g/mol. The van der Waals surface area contributed by atoms with Crippen molar-refractivity contribution in [1.29, 1.82) is 0 Å². The maximum absolute atomic E-state index is 11.3. The van der Waals surface area contributed by atoms with Gasteiger partial charge in [0.15, 0.2) is 0 Å². The van der Waals surface area contributed by atoms with E-state index in [9.17, 15) is 4.79 Å². The van der Waals surface area contributed by atoms with E-state index in [2.05, 4.69) is 20.8 Å². The first kappa shape index (κ1) is 12.0. The van der Waals surface area contributed by atoms with Crippen LogP contribution in [0.1, 0.15) is 11.9 Å². The number of nitrogens with zero attached hydrogens (tertiary/aromatic N) is 2. The number of rotatable bonds is 6. The Morgan fingerprint density at radius 3 is 2.93 bits per heavy atom. The van der Waals surface area contributed by atoms with Crippen LogP contribution in [0, 0.1) is 0 Å². The van der Waals surface area contributed by atoms with Gasteiger partial charge in [0.2, 0.25) is 11.0 Å². The second kappa shape index (κ2) is 6.44. The van der Waals surface area contributed by atoms with E-state index in [-0.39, 0.29) is 19.1 Å². The number of aryl methyl sites for hydroxylation is 1. The third-order valence-corrected chi connectivity index (χ3v) is 2.57. The molecule has 0 unspecified atom stereocenters. The van der Waals surface area contributed by atoms with Crippen molar-refractivity contribution in [2.75, 3.05) is 25.0 Å². The summed E-state index contributed by atoms with van der Waals surface area (Å²) in [5.41, 5.74) is 0. The van der Waals surface area contributed by atoms with Crippen molar-refractivity contribution in [3.05, 3.63) is 5.01 Å². The van der Waals surface area contributed by atoms with Gasteiger partial charge >= 0.3 is 0 Å². The number of nitrogens with one attached hydrogen (secondary N) is 2. The summed E-state index contributed by atoms with van der Waals surface area (Å²) in [4.78, 5) is 11.3. The molecule has 0 radical (unpaired) electrons. The first-order valence-electron chi connectivity index (χ1n) is 4.70. The first-order chi connectivity index (χ1) is 7.26. The first-order valence-corrected chi connectivity index (χ1v) is 5.51. The van der Waals surface area contributed by atoms with Crippen LogP contribution in [0.5, 0.6) is 0 Å². The predicted molar refractivity (Wildman–Crippen MR) is 57.9 cm³/mol. The number of amides is 1. The van der Waals surface area contributed by atoms with E-state index < -0.39 is 0 Å². The molecule has 0 aliphatic heterocycles. The summed E-state index contributed by atoms with van der Waals surface area (Å²) in [5, 5.41) is 23.0. The van der Waals surface area contributed by atoms with Gasteiger partial charge in [-0.25, -0.2) is 0 Å². The zero-order valence-corrected chi connectivity index (χ0v) is 9.30. The van der Waals surface area contributed by atoms with E-state index in [0.29, 0.717) is 11.7 Å². The summed E-state index contributed by atoms with van der Waals surface area (Å²) >= 11 is 1.37. The van der Waals surface area contributed by atoms with Crippen LogP contribution in [0.2, 0.25) is 0 Å². The fraction of sp³-hybridized carbons (Fsp3) is 0.625. The van der Waals surface area contributed by atoms with Crippen LogP contribution in [-0.4, -0.2) is 40.9 Å². The zero-order valence-electron chi connectivity index (χ0n) is 8.49. The van der Waals surface area contributed by atoms with Crippen molar-refractivity contribution in [2.45, 2.75) is 13.3 Å². The fourth-order valence-corrected chi connectivity index (χ4v) is 1.59. The second-order valence-electron chi connectivity index (χ2n) is 2.80. The van der Waals surface area contributed by atoms with Gasteiger partial charge < -0.3 is 10.4 Å². The van der Waals surface area contributed by atoms with Crippen molar-refractivity contribution in [3.63, 3.8) is 0 Å². The van der Waals surface area contributed by atoms with E-state index in [4.69, 9.17) is 5.11 Å². The van der Waals surface area contributed by atoms with E-state index in [1.54, 1.807) is 0 Å². The molecule has 15 heavy (non-hydrogen) atoms. The molecule has 84 valence electrons. The van der Waals surface area contributed by atoms with Crippen LogP contribution in [0.15, 0.2) is 0 Å². The smallest absolute Gasteiger partial charge is 0.240 e. The fourth-order valence-electron chi connectivity index (χ4n) is 0.891. The second-order valence-corrected chi connectivity index (χ2v) is 3.87. The number of aromatic nitrogens is 2. The highest BCUT2D eigenvalue weighted by atomic mass is 32.1. The lowest BCUT2D eigenvalue weighted by Crippen LogP contribution is -2.29. The molecule has 0 spiro atoms. The van der Waals surface area contributed by atoms with Gasteiger partial charge in [-0.2, -0.15) is 0 Å². The minimum atomic E-state index is -0.178. The summed E-state index contributed by atoms with van der Waals surface area (Å²) in [7, 11) is 0. The van der Waals surface area contributed by atoms with E-state index in [1.807, 2.05) is 6.92 Å². The Kier molecular flexibility index (Phi) is 5.16. The quantitative estimate of drug-likeness (QED) is 0.580. The van der Waals surface area contributed by atoms with Crippen LogP contribution in [0.4, 0.5) is 5.13 Å². The van der Waals surface area contributed by atoms with Gasteiger partial charge in [-0.05, 0) is 6.42 Å². The molecule has 0 aliphatic rings. The molecule has 1 heterocycles. The highest BCUT2D eigenvalue weighted by Gasteiger charge is 2.06. The van der Waals surface area contributed by atoms with Crippen molar-refractivity contribution in [2.24, 2.45) is 0 Å². The molecule has 7 heteroatoms. The number of hydrogen-bond donors (Lipinski definition) is 3. The summed E-state index contributed by atoms with van der Waals surface area (Å²) in [6, 6.07) is 0. The lowest BCUT2D eigenvalue weighted by molar-refractivity contribution is -0.115. The summed E-state index contributed by atoms with van der Waals surface area (Å²) < 4.78 is 0. The maximum Gasteiger partial charge on any atom is 0.240 e. The molecule has 1 aromatic rings. The normalized spacial score (nSPS) is 10.3. The molecule has 1 rings (SSSR count). The third-order valence-electron chi connectivity index (χ3n) is 1.59. The maximum atomic E-state index is 11.3. The Bertz CT molecular complexity index is 315. The molecule has 0 aliphatic carbocycles. The van der Waals surface area contributed by atoms with E-state index in [0.717, 1.165) is 11.4 Å². The van der Waals surface area contributed by atoms with Crippen molar-refractivity contribution < 1.29 is 9.90 Å². The summed E-state index contributed by atoms with van der Waals surface area (Å²) in [5.74, 6) is -0.178. The molecule has 0 fully saturated rings. The molecule has 3 N–H and O–H groups in total. The summed E-state index contributed by atoms with van der Waals surface area (Å²) in [6.07, 6.45) is 0.816. The highest BCUT2D eigenvalue weighted by Crippen LogP contribution is 2.14. The van der Waals surface area contributed by atoms with Crippen LogP contribution in [0.25, 0.3) is 0 Å². The average Bonchev–Trinajstić information content (AvgIpc) is 2.66. The van der Waals surface area contributed by atoms with E-state index in [1.165, 1.54) is 11.3 Å². The largest absolute Gasteiger partial charge is 0.395 e. The number of aliphatic hydroxyl groups excluding tert-OH is 1. The molecular formula is C8H14N4O2S. The Balaban J connectivity index is 2.31. The SMILES string of the molecule is CCc1nnc(NC(=O)CNCCO)s1. The molecule has 0 atom stereocenters. The Labute approximate surface area is 91.7 Å². The molecule has 0 bridgehead atoms. The predicted octanol–water partition coefficient (Wildman–Crippen LogP) is -0.379. The minimum absolute atomic E-state index is 0.0199.